The first-order chi connectivity index (χ1) is 21.0. The Bertz CT molecular complexity index is 1680. The van der Waals surface area contributed by atoms with Gasteiger partial charge in [0, 0.05) is 63.2 Å². The predicted molar refractivity (Wildman–Crippen MR) is 173 cm³/mol. The summed E-state index contributed by atoms with van der Waals surface area (Å²) in [6, 6.07) is 10.4. The lowest BCUT2D eigenvalue weighted by atomic mass is 9.92. The van der Waals surface area contributed by atoms with Crippen molar-refractivity contribution < 1.29 is 4.79 Å². The number of pyridine rings is 1. The normalized spacial score (nSPS) is 21.3. The molecule has 2 amide bonds. The zero-order valence-corrected chi connectivity index (χ0v) is 26.4. The minimum absolute atomic E-state index is 0. The summed E-state index contributed by atoms with van der Waals surface area (Å²) in [6.07, 6.45) is 5.66. The standard InChI is InChI=1S/C30H35N11OS.ClH/c1-18(2)35-24-12-25(26-6-5-22-11-19(13-31)14-34-41(22)26)33-15-23(24)28-37-38-30(43-28)40-16-20-3-4-21(17-40)27(20)36-29(42)39-9-7-32-8-10-39;/h5-6,11-12,14-15,18,20-21,27,32H,3-4,7-10,16-17H2,1-2H3,(H,33,35)(H,36,42);1H/t20-,21+,27+;. The lowest BCUT2D eigenvalue weighted by Gasteiger charge is -2.39. The molecule has 0 aromatic carbocycles. The van der Waals surface area contributed by atoms with Crippen molar-refractivity contribution in [2.24, 2.45) is 11.8 Å². The second kappa shape index (κ2) is 12.6. The number of amides is 2. The van der Waals surface area contributed by atoms with E-state index < -0.39 is 0 Å². The average Bonchev–Trinajstić information content (AvgIpc) is 3.73. The third-order valence-electron chi connectivity index (χ3n) is 8.68. The number of halogens is 1. The van der Waals surface area contributed by atoms with Crippen LogP contribution >= 0.6 is 23.7 Å². The molecule has 0 spiro atoms. The van der Waals surface area contributed by atoms with Crippen molar-refractivity contribution in [2.75, 3.05) is 49.5 Å². The second-order valence-electron chi connectivity index (χ2n) is 11.9. The number of rotatable bonds is 6. The quantitative estimate of drug-likeness (QED) is 0.289. The molecule has 0 radical (unpaired) electrons. The first-order valence-electron chi connectivity index (χ1n) is 15.0. The van der Waals surface area contributed by atoms with Crippen LogP contribution in [0.2, 0.25) is 0 Å². The maximum Gasteiger partial charge on any atom is 0.317 e. The lowest BCUT2D eigenvalue weighted by molar-refractivity contribution is 0.176. The molecule has 3 fully saturated rings. The van der Waals surface area contributed by atoms with Gasteiger partial charge < -0.3 is 25.8 Å². The van der Waals surface area contributed by atoms with E-state index in [0.29, 0.717) is 17.4 Å². The number of urea groups is 1. The third-order valence-corrected chi connectivity index (χ3v) is 9.70. The fourth-order valence-electron chi connectivity index (χ4n) is 6.62. The molecule has 2 aliphatic heterocycles. The number of nitrogens with one attached hydrogen (secondary N) is 3. The van der Waals surface area contributed by atoms with Gasteiger partial charge in [-0.3, -0.25) is 4.98 Å². The van der Waals surface area contributed by atoms with Gasteiger partial charge in [-0.05, 0) is 62.8 Å². The Morgan fingerprint density at radius 3 is 2.61 bits per heavy atom. The van der Waals surface area contributed by atoms with Gasteiger partial charge in [-0.1, -0.05) is 11.3 Å². The molecular weight excluding hydrogens is 598 g/mol. The van der Waals surface area contributed by atoms with Crippen LogP contribution in [0.5, 0.6) is 0 Å². The maximum atomic E-state index is 12.9. The minimum Gasteiger partial charge on any atom is -0.382 e. The number of carbonyl (C=O) groups excluding carboxylic acids is 1. The van der Waals surface area contributed by atoms with Gasteiger partial charge in [0.05, 0.1) is 34.2 Å². The molecule has 3 atom stereocenters. The number of anilines is 2. The number of hydrogen-bond donors (Lipinski definition) is 3. The van der Waals surface area contributed by atoms with Crippen LogP contribution in [0.4, 0.5) is 15.6 Å². The SMILES string of the molecule is CC(C)Nc1cc(-c2ccc3cc(C#N)cnn23)ncc1-c1nnc(N2C[C@H]3CC[C@@H](C2)[C@H]3NC(=O)N2CCNCC2)s1.Cl. The predicted octanol–water partition coefficient (Wildman–Crippen LogP) is 3.86. The summed E-state index contributed by atoms with van der Waals surface area (Å²) in [5.74, 6) is 0.818. The number of fused-ring (bicyclic) bond motifs is 3. The molecule has 4 aromatic rings. The second-order valence-corrected chi connectivity index (χ2v) is 12.9. The van der Waals surface area contributed by atoms with Gasteiger partial charge in [0.2, 0.25) is 5.13 Å². The Hall–Kier alpha value is -3.99. The molecular formula is C30H36ClN11OS. The van der Waals surface area contributed by atoms with E-state index >= 15 is 0 Å². The van der Waals surface area contributed by atoms with Crippen LogP contribution in [-0.4, -0.2) is 87.1 Å². The number of piperazine rings is 1. The van der Waals surface area contributed by atoms with Crippen molar-refractivity contribution in [3.05, 3.63) is 42.2 Å². The van der Waals surface area contributed by atoms with Gasteiger partial charge in [0.15, 0.2) is 5.01 Å². The molecule has 0 unspecified atom stereocenters. The summed E-state index contributed by atoms with van der Waals surface area (Å²) in [6.45, 7) is 9.19. The molecule has 2 bridgehead atoms. The van der Waals surface area contributed by atoms with Crippen LogP contribution in [0.15, 0.2) is 36.7 Å². The number of carbonyl (C=O) groups is 1. The average molecular weight is 634 g/mol. The van der Waals surface area contributed by atoms with Gasteiger partial charge in [-0.2, -0.15) is 10.4 Å². The number of nitriles is 1. The van der Waals surface area contributed by atoms with Crippen molar-refractivity contribution in [3.8, 4) is 28.0 Å². The first-order valence-corrected chi connectivity index (χ1v) is 15.8. The molecule has 2 saturated heterocycles. The Morgan fingerprint density at radius 2 is 1.89 bits per heavy atom. The van der Waals surface area contributed by atoms with E-state index in [2.05, 4.69) is 56.1 Å². The van der Waals surface area contributed by atoms with Crippen LogP contribution in [0, 0.1) is 23.2 Å². The van der Waals surface area contributed by atoms with Gasteiger partial charge in [0.1, 0.15) is 6.07 Å². The molecule has 3 N–H and O–H groups in total. The van der Waals surface area contributed by atoms with E-state index in [-0.39, 0.29) is 30.5 Å². The van der Waals surface area contributed by atoms with Gasteiger partial charge in [-0.15, -0.1) is 22.6 Å². The molecule has 7 rings (SSSR count). The van der Waals surface area contributed by atoms with Crippen molar-refractivity contribution in [3.63, 3.8) is 0 Å². The highest BCUT2D eigenvalue weighted by Gasteiger charge is 2.44. The fraction of sp³-hybridized carbons (Fsp3) is 0.467. The summed E-state index contributed by atoms with van der Waals surface area (Å²) >= 11 is 1.59. The zero-order valence-electron chi connectivity index (χ0n) is 24.7. The number of aromatic nitrogens is 5. The van der Waals surface area contributed by atoms with Crippen LogP contribution in [-0.2, 0) is 0 Å². The Kier molecular flexibility index (Phi) is 8.57. The van der Waals surface area contributed by atoms with Crippen LogP contribution < -0.4 is 20.9 Å². The highest BCUT2D eigenvalue weighted by Crippen LogP contribution is 2.41. The smallest absolute Gasteiger partial charge is 0.317 e. The molecule has 3 aliphatic rings. The number of hydrogen-bond acceptors (Lipinski definition) is 10. The number of nitrogens with zero attached hydrogens (tertiary/aromatic N) is 8. The topological polar surface area (TPSA) is 139 Å². The largest absolute Gasteiger partial charge is 0.382 e. The Labute approximate surface area is 266 Å². The molecule has 6 heterocycles. The van der Waals surface area contributed by atoms with E-state index in [1.165, 1.54) is 0 Å². The number of piperidine rings is 1. The van der Waals surface area contributed by atoms with Crippen molar-refractivity contribution >= 4 is 46.1 Å². The molecule has 12 nitrogen and oxygen atoms in total. The van der Waals surface area contributed by atoms with Gasteiger partial charge in [0.25, 0.3) is 0 Å². The highest BCUT2D eigenvalue weighted by molar-refractivity contribution is 7.18. The van der Waals surface area contributed by atoms with Gasteiger partial charge in [-0.25, -0.2) is 9.31 Å². The van der Waals surface area contributed by atoms with Crippen LogP contribution in [0.25, 0.3) is 27.5 Å². The summed E-state index contributed by atoms with van der Waals surface area (Å²) in [5, 5.41) is 34.9. The molecule has 1 saturated carbocycles. The summed E-state index contributed by atoms with van der Waals surface area (Å²) < 4.78 is 1.80. The van der Waals surface area contributed by atoms with E-state index in [1.807, 2.05) is 35.4 Å². The summed E-state index contributed by atoms with van der Waals surface area (Å²) in [5.41, 5.74) is 4.82. The van der Waals surface area contributed by atoms with E-state index in [0.717, 1.165) is 90.4 Å². The third kappa shape index (κ3) is 5.77. The maximum absolute atomic E-state index is 12.9. The lowest BCUT2D eigenvalue weighted by Crippen LogP contribution is -2.57. The zero-order chi connectivity index (χ0) is 29.5. The minimum atomic E-state index is 0. The van der Waals surface area contributed by atoms with E-state index in [4.69, 9.17) is 4.98 Å². The van der Waals surface area contributed by atoms with Crippen molar-refractivity contribution in [1.29, 1.82) is 5.26 Å². The van der Waals surface area contributed by atoms with Crippen molar-refractivity contribution in [1.82, 2.24) is 40.3 Å². The van der Waals surface area contributed by atoms with Crippen molar-refractivity contribution in [2.45, 2.75) is 38.8 Å². The van der Waals surface area contributed by atoms with Crippen LogP contribution in [0.3, 0.4) is 0 Å². The molecule has 14 heteroatoms. The van der Waals surface area contributed by atoms with E-state index in [1.54, 1.807) is 22.0 Å². The first kappa shape index (κ1) is 30.1. The van der Waals surface area contributed by atoms with Gasteiger partial charge >= 0.3 is 6.03 Å². The Morgan fingerprint density at radius 1 is 1.11 bits per heavy atom. The van der Waals surface area contributed by atoms with E-state index in [9.17, 15) is 10.1 Å². The highest BCUT2D eigenvalue weighted by atomic mass is 35.5. The fourth-order valence-corrected chi connectivity index (χ4v) is 7.51. The summed E-state index contributed by atoms with van der Waals surface area (Å²) in [7, 11) is 0. The molecule has 4 aromatic heterocycles. The Balaban J connectivity index is 0.00000343. The monoisotopic (exact) mass is 633 g/mol. The van der Waals surface area contributed by atoms with Crippen LogP contribution in [0.1, 0.15) is 32.3 Å². The molecule has 44 heavy (non-hydrogen) atoms. The molecule has 1 aliphatic carbocycles. The summed E-state index contributed by atoms with van der Waals surface area (Å²) in [4.78, 5) is 22.0. The molecule has 230 valence electrons.